The Morgan fingerprint density at radius 3 is 2.00 bits per heavy atom. The Morgan fingerprint density at radius 2 is 1.48 bits per heavy atom. The largest absolute Gasteiger partial charge is 0.496 e. The first kappa shape index (κ1) is 32.6. The molecule has 3 aromatic rings. The van der Waals surface area contributed by atoms with E-state index in [4.69, 9.17) is 14.2 Å². The van der Waals surface area contributed by atoms with Gasteiger partial charge in [0, 0.05) is 29.8 Å². The van der Waals surface area contributed by atoms with Crippen molar-refractivity contribution >= 4 is 23.4 Å². The van der Waals surface area contributed by atoms with Crippen LogP contribution in [0.25, 0.3) is 0 Å². The molecular weight excluding hydrogens is 556 g/mol. The third-order valence-corrected chi connectivity index (χ3v) is 8.13. The fourth-order valence-corrected chi connectivity index (χ4v) is 5.86. The second-order valence-electron chi connectivity index (χ2n) is 12.3. The Balaban J connectivity index is 1.63. The van der Waals surface area contributed by atoms with Crippen molar-refractivity contribution in [3.05, 3.63) is 82.4 Å². The number of anilines is 1. The molecule has 4 rings (SSSR count). The lowest BCUT2D eigenvalue weighted by Gasteiger charge is -2.26. The van der Waals surface area contributed by atoms with Gasteiger partial charge in [-0.05, 0) is 47.1 Å². The Bertz CT molecular complexity index is 1460. The number of unbranched alkanes of at least 4 members (excludes halogenated alkanes) is 2. The highest BCUT2D eigenvalue weighted by Gasteiger charge is 2.35. The van der Waals surface area contributed by atoms with Gasteiger partial charge in [0.05, 0.1) is 39.0 Å². The minimum Gasteiger partial charge on any atom is -0.496 e. The maximum Gasteiger partial charge on any atom is 0.261 e. The standard InChI is InChI=1S/C36H44N2O6/c1-8-9-10-13-24(33-30(43-6)20-25(42-5)21-31(33)44-7)19-32(39)37-29-18-23(16-17-28(29)36(2,3)4)22-38-34(40)26-14-11-12-15-27(26)35(38)41/h11-12,14-18,20-21,24H,8-10,13,19,22H2,1-7H3,(H,37,39). The van der Waals surface area contributed by atoms with E-state index in [1.807, 2.05) is 30.3 Å². The van der Waals surface area contributed by atoms with Crippen LogP contribution in [-0.2, 0) is 16.8 Å². The van der Waals surface area contributed by atoms with Crippen LogP contribution >= 0.6 is 0 Å². The number of benzene rings is 3. The van der Waals surface area contributed by atoms with Crippen molar-refractivity contribution in [2.24, 2.45) is 0 Å². The van der Waals surface area contributed by atoms with Crippen molar-refractivity contribution in [3.63, 3.8) is 0 Å². The number of nitrogens with zero attached hydrogens (tertiary/aromatic N) is 1. The van der Waals surface area contributed by atoms with E-state index in [0.29, 0.717) is 34.1 Å². The van der Waals surface area contributed by atoms with E-state index in [1.54, 1.807) is 45.6 Å². The molecule has 3 aromatic carbocycles. The number of rotatable bonds is 13. The molecule has 1 heterocycles. The Labute approximate surface area is 260 Å². The fraction of sp³-hybridized carbons (Fsp3) is 0.417. The first-order valence-corrected chi connectivity index (χ1v) is 15.2. The fourth-order valence-electron chi connectivity index (χ4n) is 5.86. The average molecular weight is 601 g/mol. The van der Waals surface area contributed by atoms with E-state index >= 15 is 0 Å². The lowest BCUT2D eigenvalue weighted by Crippen LogP contribution is -2.29. The number of carbonyl (C=O) groups excluding carboxylic acids is 3. The van der Waals surface area contributed by atoms with Gasteiger partial charge < -0.3 is 19.5 Å². The van der Waals surface area contributed by atoms with Crippen LogP contribution in [0, 0.1) is 0 Å². The lowest BCUT2D eigenvalue weighted by molar-refractivity contribution is -0.116. The van der Waals surface area contributed by atoms with Gasteiger partial charge >= 0.3 is 0 Å². The highest BCUT2D eigenvalue weighted by molar-refractivity contribution is 6.21. The second-order valence-corrected chi connectivity index (χ2v) is 12.3. The molecule has 1 aliphatic rings. The summed E-state index contributed by atoms with van der Waals surface area (Å²) in [4.78, 5) is 41.1. The van der Waals surface area contributed by atoms with Crippen molar-refractivity contribution in [2.75, 3.05) is 26.6 Å². The van der Waals surface area contributed by atoms with Gasteiger partial charge in [-0.1, -0.05) is 71.2 Å². The zero-order valence-electron chi connectivity index (χ0n) is 26.9. The van der Waals surface area contributed by atoms with Crippen LogP contribution in [0.5, 0.6) is 17.2 Å². The summed E-state index contributed by atoms with van der Waals surface area (Å²) >= 11 is 0. The monoisotopic (exact) mass is 600 g/mol. The first-order valence-electron chi connectivity index (χ1n) is 15.2. The van der Waals surface area contributed by atoms with Crippen LogP contribution in [0.1, 0.15) is 103 Å². The van der Waals surface area contributed by atoms with Crippen molar-refractivity contribution < 1.29 is 28.6 Å². The van der Waals surface area contributed by atoms with Gasteiger partial charge in [-0.25, -0.2) is 0 Å². The maximum atomic E-state index is 13.8. The van der Waals surface area contributed by atoms with Gasteiger partial charge in [0.1, 0.15) is 17.2 Å². The summed E-state index contributed by atoms with van der Waals surface area (Å²) < 4.78 is 16.9. The zero-order valence-corrected chi connectivity index (χ0v) is 26.9. The summed E-state index contributed by atoms with van der Waals surface area (Å²) in [6.45, 7) is 8.52. The van der Waals surface area contributed by atoms with Gasteiger partial charge in [0.15, 0.2) is 0 Å². The zero-order chi connectivity index (χ0) is 32.0. The Morgan fingerprint density at radius 1 is 0.864 bits per heavy atom. The van der Waals surface area contributed by atoms with Crippen molar-refractivity contribution in [1.29, 1.82) is 0 Å². The number of carbonyl (C=O) groups is 3. The van der Waals surface area contributed by atoms with E-state index < -0.39 is 0 Å². The summed E-state index contributed by atoms with van der Waals surface area (Å²) in [5, 5.41) is 3.18. The smallest absolute Gasteiger partial charge is 0.261 e. The summed E-state index contributed by atoms with van der Waals surface area (Å²) in [6, 6.07) is 16.3. The van der Waals surface area contributed by atoms with Crippen LogP contribution in [0.15, 0.2) is 54.6 Å². The molecule has 0 fully saturated rings. The van der Waals surface area contributed by atoms with Gasteiger partial charge in [-0.3, -0.25) is 19.3 Å². The molecule has 8 nitrogen and oxygen atoms in total. The SMILES string of the molecule is CCCCCC(CC(=O)Nc1cc(CN2C(=O)c3ccccc3C2=O)ccc1C(C)(C)C)c1c(OC)cc(OC)cc1OC. The Hall–Kier alpha value is -4.33. The highest BCUT2D eigenvalue weighted by atomic mass is 16.5. The Kier molecular flexibility index (Phi) is 10.3. The van der Waals surface area contributed by atoms with Crippen molar-refractivity contribution in [2.45, 2.75) is 77.7 Å². The molecule has 1 unspecified atom stereocenters. The van der Waals surface area contributed by atoms with E-state index in [9.17, 15) is 14.4 Å². The summed E-state index contributed by atoms with van der Waals surface area (Å²) in [6.07, 6.45) is 4.06. The molecule has 0 aliphatic carbocycles. The van der Waals surface area contributed by atoms with Gasteiger partial charge in [-0.15, -0.1) is 0 Å². The molecule has 1 N–H and O–H groups in total. The summed E-state index contributed by atoms with van der Waals surface area (Å²) in [5.74, 6) is 0.931. The van der Waals surface area contributed by atoms with Gasteiger partial charge in [0.25, 0.3) is 11.8 Å². The molecule has 44 heavy (non-hydrogen) atoms. The topological polar surface area (TPSA) is 94.2 Å². The van der Waals surface area contributed by atoms with Gasteiger partial charge in [-0.2, -0.15) is 0 Å². The number of amides is 3. The highest BCUT2D eigenvalue weighted by Crippen LogP contribution is 2.43. The summed E-state index contributed by atoms with van der Waals surface area (Å²) in [7, 11) is 4.81. The average Bonchev–Trinajstić information content (AvgIpc) is 3.24. The molecule has 1 aliphatic heterocycles. The number of ether oxygens (including phenoxy) is 3. The third-order valence-electron chi connectivity index (χ3n) is 8.13. The molecule has 0 bridgehead atoms. The predicted molar refractivity (Wildman–Crippen MR) is 172 cm³/mol. The molecule has 1 atom stereocenters. The molecule has 0 saturated heterocycles. The van der Waals surface area contributed by atoms with Crippen LogP contribution in [0.4, 0.5) is 5.69 Å². The van der Waals surface area contributed by atoms with E-state index in [2.05, 4.69) is 33.0 Å². The maximum absolute atomic E-state index is 13.8. The molecule has 3 amide bonds. The molecular formula is C36H44N2O6. The van der Waals surface area contributed by atoms with E-state index in [-0.39, 0.29) is 42.0 Å². The second kappa shape index (κ2) is 14.0. The number of hydrogen-bond donors (Lipinski definition) is 1. The van der Waals surface area contributed by atoms with Crippen LogP contribution in [0.2, 0.25) is 0 Å². The van der Waals surface area contributed by atoms with Gasteiger partial charge in [0.2, 0.25) is 5.91 Å². The minimum atomic E-state index is -0.312. The molecule has 0 radical (unpaired) electrons. The van der Waals surface area contributed by atoms with E-state index in [0.717, 1.165) is 42.4 Å². The molecule has 0 spiro atoms. The van der Waals surface area contributed by atoms with Crippen LogP contribution in [-0.4, -0.2) is 44.0 Å². The quantitative estimate of drug-likeness (QED) is 0.161. The number of imide groups is 1. The van der Waals surface area contributed by atoms with E-state index in [1.165, 1.54) is 4.90 Å². The van der Waals surface area contributed by atoms with Crippen molar-refractivity contribution in [3.8, 4) is 17.2 Å². The lowest BCUT2D eigenvalue weighted by atomic mass is 9.84. The third kappa shape index (κ3) is 7.07. The number of fused-ring (bicyclic) bond motifs is 1. The number of hydrogen-bond acceptors (Lipinski definition) is 6. The minimum absolute atomic E-state index is 0.111. The first-order chi connectivity index (χ1) is 21.0. The summed E-state index contributed by atoms with van der Waals surface area (Å²) in [5.41, 5.74) is 3.78. The molecule has 0 aromatic heterocycles. The normalized spacial score (nSPS) is 13.5. The van der Waals surface area contributed by atoms with Crippen LogP contribution < -0.4 is 19.5 Å². The number of methoxy groups -OCH3 is 3. The molecule has 234 valence electrons. The number of nitrogens with one attached hydrogen (secondary N) is 1. The van der Waals surface area contributed by atoms with Crippen LogP contribution in [0.3, 0.4) is 0 Å². The predicted octanol–water partition coefficient (Wildman–Crippen LogP) is 7.50. The van der Waals surface area contributed by atoms with Crippen molar-refractivity contribution in [1.82, 2.24) is 4.90 Å². The molecule has 0 saturated carbocycles. The molecule has 8 heteroatoms.